The maximum atomic E-state index is 6.32. The van der Waals surface area contributed by atoms with Gasteiger partial charge in [-0.15, -0.1) is 0 Å². The molecule has 1 aliphatic rings. The molecular formula is C14H21NOS. The molecule has 2 N–H and O–H groups in total. The summed E-state index contributed by atoms with van der Waals surface area (Å²) in [7, 11) is 1.71. The maximum Gasteiger partial charge on any atom is 0.123 e. The van der Waals surface area contributed by atoms with E-state index in [1.165, 1.54) is 24.3 Å². The summed E-state index contributed by atoms with van der Waals surface area (Å²) in [6.07, 6.45) is 3.71. The van der Waals surface area contributed by atoms with E-state index in [9.17, 15) is 0 Å². The van der Waals surface area contributed by atoms with Crippen molar-refractivity contribution in [3.8, 4) is 5.75 Å². The smallest absolute Gasteiger partial charge is 0.123 e. The van der Waals surface area contributed by atoms with E-state index < -0.39 is 0 Å². The highest BCUT2D eigenvalue weighted by Gasteiger charge is 2.19. The summed E-state index contributed by atoms with van der Waals surface area (Å²) in [4.78, 5) is 0. The molecular weight excluding hydrogens is 230 g/mol. The van der Waals surface area contributed by atoms with E-state index >= 15 is 0 Å². The molecule has 3 heteroatoms. The number of hydrogen-bond donors (Lipinski definition) is 1. The van der Waals surface area contributed by atoms with Crippen molar-refractivity contribution in [2.45, 2.75) is 25.3 Å². The van der Waals surface area contributed by atoms with Crippen molar-refractivity contribution in [3.05, 3.63) is 29.8 Å². The highest BCUT2D eigenvalue weighted by molar-refractivity contribution is 7.99. The molecule has 94 valence electrons. The lowest BCUT2D eigenvalue weighted by atomic mass is 9.91. The molecule has 1 saturated heterocycles. The van der Waals surface area contributed by atoms with Crippen LogP contribution >= 0.6 is 11.8 Å². The largest absolute Gasteiger partial charge is 0.496 e. The lowest BCUT2D eigenvalue weighted by Crippen LogP contribution is -2.19. The fourth-order valence-electron chi connectivity index (χ4n) is 2.44. The molecule has 17 heavy (non-hydrogen) atoms. The summed E-state index contributed by atoms with van der Waals surface area (Å²) in [5.41, 5.74) is 7.46. The van der Waals surface area contributed by atoms with Crippen molar-refractivity contribution in [1.29, 1.82) is 0 Å². The second kappa shape index (κ2) is 6.31. The van der Waals surface area contributed by atoms with Gasteiger partial charge in [-0.05, 0) is 42.8 Å². The number of rotatable bonds is 4. The normalized spacial score (nSPS) is 18.9. The first-order valence-corrected chi connectivity index (χ1v) is 7.43. The van der Waals surface area contributed by atoms with E-state index in [0.717, 1.165) is 23.7 Å². The molecule has 0 radical (unpaired) electrons. The van der Waals surface area contributed by atoms with Crippen molar-refractivity contribution < 1.29 is 4.74 Å². The monoisotopic (exact) mass is 251 g/mol. The van der Waals surface area contributed by atoms with Crippen LogP contribution in [-0.4, -0.2) is 18.6 Å². The van der Waals surface area contributed by atoms with Crippen LogP contribution in [0.15, 0.2) is 24.3 Å². The summed E-state index contributed by atoms with van der Waals surface area (Å²) in [6, 6.07) is 8.22. The Kier molecular flexibility index (Phi) is 4.75. The molecule has 0 aliphatic carbocycles. The molecule has 0 aromatic heterocycles. The van der Waals surface area contributed by atoms with Gasteiger partial charge in [-0.25, -0.2) is 0 Å². The van der Waals surface area contributed by atoms with Crippen molar-refractivity contribution in [2.75, 3.05) is 18.6 Å². The van der Waals surface area contributed by atoms with E-state index in [-0.39, 0.29) is 6.04 Å². The topological polar surface area (TPSA) is 35.2 Å². The first kappa shape index (κ1) is 12.8. The zero-order valence-electron chi connectivity index (χ0n) is 10.4. The summed E-state index contributed by atoms with van der Waals surface area (Å²) in [6.45, 7) is 0. The van der Waals surface area contributed by atoms with Gasteiger partial charge in [0.2, 0.25) is 0 Å². The van der Waals surface area contributed by atoms with E-state index in [1.54, 1.807) is 7.11 Å². The zero-order chi connectivity index (χ0) is 12.1. The Labute approximate surface area is 108 Å². The highest BCUT2D eigenvalue weighted by Crippen LogP contribution is 2.32. The van der Waals surface area contributed by atoms with Gasteiger partial charge in [-0.1, -0.05) is 18.2 Å². The molecule has 2 rings (SSSR count). The van der Waals surface area contributed by atoms with Crippen LogP contribution in [0.3, 0.4) is 0 Å². The SMILES string of the molecule is COc1ccccc1C(N)CC1CCSCC1. The molecule has 1 aromatic carbocycles. The fourth-order valence-corrected chi connectivity index (χ4v) is 3.65. The minimum absolute atomic E-state index is 0.110. The summed E-state index contributed by atoms with van der Waals surface area (Å²) < 4.78 is 5.37. The maximum absolute atomic E-state index is 6.32. The Morgan fingerprint density at radius 1 is 1.35 bits per heavy atom. The first-order valence-electron chi connectivity index (χ1n) is 6.27. The summed E-state index contributed by atoms with van der Waals surface area (Å²) in [5, 5.41) is 0. The van der Waals surface area contributed by atoms with Crippen molar-refractivity contribution in [2.24, 2.45) is 11.7 Å². The number of thioether (sulfide) groups is 1. The van der Waals surface area contributed by atoms with E-state index in [0.29, 0.717) is 0 Å². The number of benzene rings is 1. The van der Waals surface area contributed by atoms with E-state index in [2.05, 4.69) is 17.8 Å². The minimum Gasteiger partial charge on any atom is -0.496 e. The first-order chi connectivity index (χ1) is 8.31. The second-order valence-corrected chi connectivity index (χ2v) is 5.86. The van der Waals surface area contributed by atoms with Crippen LogP contribution in [0, 0.1) is 5.92 Å². The molecule has 0 saturated carbocycles. The number of para-hydroxylation sites is 1. The van der Waals surface area contributed by atoms with E-state index in [4.69, 9.17) is 10.5 Å². The van der Waals surface area contributed by atoms with Crippen molar-refractivity contribution in [1.82, 2.24) is 0 Å². The molecule has 0 bridgehead atoms. The van der Waals surface area contributed by atoms with Crippen LogP contribution in [-0.2, 0) is 0 Å². The Balaban J connectivity index is 2.00. The standard InChI is InChI=1S/C14H21NOS/c1-16-14-5-3-2-4-12(14)13(15)10-11-6-8-17-9-7-11/h2-5,11,13H,6-10,15H2,1H3. The van der Waals surface area contributed by atoms with Crippen LogP contribution in [0.1, 0.15) is 30.9 Å². The van der Waals surface area contributed by atoms with Crippen molar-refractivity contribution >= 4 is 11.8 Å². The van der Waals surface area contributed by atoms with Gasteiger partial charge in [-0.3, -0.25) is 0 Å². The van der Waals surface area contributed by atoms with Crippen LogP contribution in [0.4, 0.5) is 0 Å². The third-order valence-electron chi connectivity index (χ3n) is 3.47. The average Bonchev–Trinajstić information content (AvgIpc) is 2.40. The molecule has 0 amide bonds. The molecule has 1 atom stereocenters. The Bertz CT molecular complexity index is 350. The van der Waals surface area contributed by atoms with Gasteiger partial charge < -0.3 is 10.5 Å². The summed E-state index contributed by atoms with van der Waals surface area (Å²) >= 11 is 2.06. The van der Waals surface area contributed by atoms with Gasteiger partial charge in [0.15, 0.2) is 0 Å². The molecule has 1 fully saturated rings. The lowest BCUT2D eigenvalue weighted by Gasteiger charge is -2.25. The lowest BCUT2D eigenvalue weighted by molar-refractivity contribution is 0.383. The highest BCUT2D eigenvalue weighted by atomic mass is 32.2. The number of nitrogens with two attached hydrogens (primary N) is 1. The number of hydrogen-bond acceptors (Lipinski definition) is 3. The van der Waals surface area contributed by atoms with Crippen molar-refractivity contribution in [3.63, 3.8) is 0 Å². The van der Waals surface area contributed by atoms with Gasteiger partial charge >= 0.3 is 0 Å². The molecule has 1 aliphatic heterocycles. The zero-order valence-corrected chi connectivity index (χ0v) is 11.2. The average molecular weight is 251 g/mol. The van der Waals surface area contributed by atoms with Crippen LogP contribution in [0.5, 0.6) is 5.75 Å². The van der Waals surface area contributed by atoms with Gasteiger partial charge in [0.05, 0.1) is 7.11 Å². The predicted molar refractivity (Wildman–Crippen MR) is 74.6 cm³/mol. The number of ether oxygens (including phenoxy) is 1. The fraction of sp³-hybridized carbons (Fsp3) is 0.571. The Hall–Kier alpha value is -0.670. The van der Waals surface area contributed by atoms with Gasteiger partial charge in [0.25, 0.3) is 0 Å². The number of methoxy groups -OCH3 is 1. The van der Waals surface area contributed by atoms with Gasteiger partial charge in [0.1, 0.15) is 5.75 Å². The van der Waals surface area contributed by atoms with E-state index in [1.807, 2.05) is 18.2 Å². The van der Waals surface area contributed by atoms with Gasteiger partial charge in [0, 0.05) is 11.6 Å². The molecule has 1 aromatic rings. The minimum atomic E-state index is 0.110. The molecule has 1 unspecified atom stereocenters. The summed E-state index contributed by atoms with van der Waals surface area (Å²) in [5.74, 6) is 4.30. The third-order valence-corrected chi connectivity index (χ3v) is 4.52. The molecule has 2 nitrogen and oxygen atoms in total. The molecule has 0 spiro atoms. The third kappa shape index (κ3) is 3.39. The predicted octanol–water partition coefficient (Wildman–Crippen LogP) is 3.23. The van der Waals surface area contributed by atoms with Crippen LogP contribution in [0.2, 0.25) is 0 Å². The van der Waals surface area contributed by atoms with Gasteiger partial charge in [-0.2, -0.15) is 11.8 Å². The molecule has 1 heterocycles. The Morgan fingerprint density at radius 2 is 2.06 bits per heavy atom. The van der Waals surface area contributed by atoms with Crippen LogP contribution < -0.4 is 10.5 Å². The quantitative estimate of drug-likeness (QED) is 0.892. The Morgan fingerprint density at radius 3 is 2.76 bits per heavy atom. The van der Waals surface area contributed by atoms with Crippen LogP contribution in [0.25, 0.3) is 0 Å². The second-order valence-electron chi connectivity index (χ2n) is 4.64.